The minimum absolute atomic E-state index is 0.0759. The zero-order chi connectivity index (χ0) is 13.3. The van der Waals surface area contributed by atoms with Gasteiger partial charge in [0.2, 0.25) is 0 Å². The molecule has 0 atom stereocenters. The first kappa shape index (κ1) is 12.2. The molecule has 90 valence electrons. The summed E-state index contributed by atoms with van der Waals surface area (Å²) in [5.74, 6) is -1.77. The molecule has 0 spiro atoms. The van der Waals surface area contributed by atoms with Crippen LogP contribution in [0.4, 0.5) is 4.39 Å². The number of nitrogens with zero attached hydrogens (tertiary/aromatic N) is 2. The smallest absolute Gasteiger partial charge is 0.356 e. The fraction of sp³-hybridized carbons (Fsp3) is 0.0833. The third kappa shape index (κ3) is 2.08. The van der Waals surface area contributed by atoms with Crippen molar-refractivity contribution in [1.29, 1.82) is 5.26 Å². The second kappa shape index (κ2) is 4.55. The van der Waals surface area contributed by atoms with Crippen LogP contribution in [0.25, 0.3) is 10.4 Å². The van der Waals surface area contributed by atoms with Gasteiger partial charge in [0.1, 0.15) is 11.9 Å². The number of aromatic nitrogens is 1. The summed E-state index contributed by atoms with van der Waals surface area (Å²) in [4.78, 5) is 15.4. The highest BCUT2D eigenvalue weighted by Crippen LogP contribution is 2.31. The number of thiazole rings is 1. The molecule has 0 unspecified atom stereocenters. The van der Waals surface area contributed by atoms with Gasteiger partial charge in [0, 0.05) is 0 Å². The Kier molecular flexibility index (Phi) is 3.08. The molecule has 0 aliphatic heterocycles. The van der Waals surface area contributed by atoms with Crippen LogP contribution in [-0.4, -0.2) is 16.1 Å². The number of rotatable bonds is 2. The standard InChI is InChI=1S/C12H7FN2O2S/c1-6-15-10(12(16)17)11(18-6)7-2-3-9(13)8(4-7)5-14/h2-4H,1H3,(H,16,17). The first-order chi connectivity index (χ1) is 8.52. The molecule has 2 aromatic rings. The summed E-state index contributed by atoms with van der Waals surface area (Å²) < 4.78 is 13.2. The lowest BCUT2D eigenvalue weighted by Crippen LogP contribution is -1.99. The highest BCUT2D eigenvalue weighted by Gasteiger charge is 2.18. The second-order valence-corrected chi connectivity index (χ2v) is 4.73. The maximum atomic E-state index is 13.2. The third-order valence-electron chi connectivity index (χ3n) is 2.29. The maximum Gasteiger partial charge on any atom is 0.356 e. The molecule has 6 heteroatoms. The van der Waals surface area contributed by atoms with E-state index in [1.807, 2.05) is 0 Å². The number of carbonyl (C=O) groups is 1. The van der Waals surface area contributed by atoms with E-state index in [2.05, 4.69) is 4.98 Å². The number of hydrogen-bond donors (Lipinski definition) is 1. The van der Waals surface area contributed by atoms with Crippen LogP contribution in [0, 0.1) is 24.1 Å². The Hall–Kier alpha value is -2.26. The molecule has 0 amide bonds. The number of carboxylic acid groups (broad SMARTS) is 1. The van der Waals surface area contributed by atoms with E-state index in [1.165, 1.54) is 23.5 Å². The van der Waals surface area contributed by atoms with Crippen molar-refractivity contribution in [3.8, 4) is 16.5 Å². The van der Waals surface area contributed by atoms with E-state index >= 15 is 0 Å². The summed E-state index contributed by atoms with van der Waals surface area (Å²) in [6.45, 7) is 1.69. The molecule has 4 nitrogen and oxygen atoms in total. The monoisotopic (exact) mass is 262 g/mol. The van der Waals surface area contributed by atoms with Crippen molar-refractivity contribution in [2.45, 2.75) is 6.92 Å². The molecule has 0 radical (unpaired) electrons. The SMILES string of the molecule is Cc1nc(C(=O)O)c(-c2ccc(F)c(C#N)c2)s1. The zero-order valence-corrected chi connectivity index (χ0v) is 10.1. The fourth-order valence-electron chi connectivity index (χ4n) is 1.52. The summed E-state index contributed by atoms with van der Waals surface area (Å²) in [6, 6.07) is 5.64. The van der Waals surface area contributed by atoms with E-state index < -0.39 is 11.8 Å². The van der Waals surface area contributed by atoms with Gasteiger partial charge in [-0.25, -0.2) is 14.2 Å². The molecule has 0 saturated heterocycles. The third-order valence-corrected chi connectivity index (χ3v) is 3.31. The second-order valence-electron chi connectivity index (χ2n) is 3.52. The van der Waals surface area contributed by atoms with Crippen molar-refractivity contribution in [3.05, 3.63) is 40.3 Å². The maximum absolute atomic E-state index is 13.2. The average Bonchev–Trinajstić information content (AvgIpc) is 2.72. The topological polar surface area (TPSA) is 74.0 Å². The molecule has 0 aliphatic rings. The summed E-state index contributed by atoms with van der Waals surface area (Å²) in [6.07, 6.45) is 0. The quantitative estimate of drug-likeness (QED) is 0.903. The van der Waals surface area contributed by atoms with Gasteiger partial charge < -0.3 is 5.11 Å². The lowest BCUT2D eigenvalue weighted by Gasteiger charge is -2.00. The molecule has 0 aliphatic carbocycles. The molecule has 1 N–H and O–H groups in total. The van der Waals surface area contributed by atoms with Crippen molar-refractivity contribution in [1.82, 2.24) is 4.98 Å². The summed E-state index contributed by atoms with van der Waals surface area (Å²) >= 11 is 1.20. The van der Waals surface area contributed by atoms with Crippen LogP contribution in [0.1, 0.15) is 21.1 Å². The van der Waals surface area contributed by atoms with Gasteiger partial charge in [0.05, 0.1) is 15.4 Å². The van der Waals surface area contributed by atoms with Crippen LogP contribution in [0.15, 0.2) is 18.2 Å². The van der Waals surface area contributed by atoms with Crippen molar-refractivity contribution < 1.29 is 14.3 Å². The highest BCUT2D eigenvalue weighted by molar-refractivity contribution is 7.15. The van der Waals surface area contributed by atoms with Crippen LogP contribution in [0.2, 0.25) is 0 Å². The predicted molar refractivity (Wildman–Crippen MR) is 63.9 cm³/mol. The Morgan fingerprint density at radius 1 is 1.56 bits per heavy atom. The normalized spacial score (nSPS) is 10.1. The van der Waals surface area contributed by atoms with E-state index in [1.54, 1.807) is 13.0 Å². The molecule has 0 fully saturated rings. The van der Waals surface area contributed by atoms with Crippen LogP contribution in [0.5, 0.6) is 0 Å². The highest BCUT2D eigenvalue weighted by atomic mass is 32.1. The zero-order valence-electron chi connectivity index (χ0n) is 9.27. The molecule has 1 aromatic carbocycles. The van der Waals surface area contributed by atoms with Crippen molar-refractivity contribution in [3.63, 3.8) is 0 Å². The summed E-state index contributed by atoms with van der Waals surface area (Å²) in [5.41, 5.74) is 0.291. The Bertz CT molecular complexity index is 673. The number of aromatic carboxylic acids is 1. The summed E-state index contributed by atoms with van der Waals surface area (Å²) in [7, 11) is 0. The Morgan fingerprint density at radius 3 is 2.89 bits per heavy atom. The van der Waals surface area contributed by atoms with Crippen molar-refractivity contribution >= 4 is 17.3 Å². The molecular weight excluding hydrogens is 255 g/mol. The van der Waals surface area contributed by atoms with E-state index in [0.29, 0.717) is 15.4 Å². The largest absolute Gasteiger partial charge is 0.476 e. The minimum Gasteiger partial charge on any atom is -0.476 e. The molecule has 1 heterocycles. The van der Waals surface area contributed by atoms with Crippen LogP contribution in [-0.2, 0) is 0 Å². The first-order valence-corrected chi connectivity index (χ1v) is 5.75. The first-order valence-electron chi connectivity index (χ1n) is 4.93. The lowest BCUT2D eigenvalue weighted by molar-refractivity contribution is 0.0692. The van der Waals surface area contributed by atoms with Gasteiger partial charge in [0.25, 0.3) is 0 Å². The van der Waals surface area contributed by atoms with Gasteiger partial charge in [-0.05, 0) is 24.6 Å². The number of nitriles is 1. The molecule has 18 heavy (non-hydrogen) atoms. The average molecular weight is 262 g/mol. The molecule has 1 aromatic heterocycles. The van der Waals surface area contributed by atoms with E-state index in [0.717, 1.165) is 6.07 Å². The number of halogens is 1. The lowest BCUT2D eigenvalue weighted by atomic mass is 10.1. The van der Waals surface area contributed by atoms with Crippen LogP contribution in [0.3, 0.4) is 0 Å². The number of aryl methyl sites for hydroxylation is 1. The number of carboxylic acids is 1. The minimum atomic E-state index is -1.14. The number of hydrogen-bond acceptors (Lipinski definition) is 4. The van der Waals surface area contributed by atoms with Crippen LogP contribution < -0.4 is 0 Å². The molecule has 0 saturated carbocycles. The Balaban J connectivity index is 2.62. The van der Waals surface area contributed by atoms with E-state index in [4.69, 9.17) is 10.4 Å². The number of benzene rings is 1. The van der Waals surface area contributed by atoms with Crippen LogP contribution >= 0.6 is 11.3 Å². The van der Waals surface area contributed by atoms with Gasteiger partial charge in [-0.1, -0.05) is 6.07 Å². The van der Waals surface area contributed by atoms with E-state index in [-0.39, 0.29) is 11.3 Å². The molecule has 0 bridgehead atoms. The Morgan fingerprint density at radius 2 is 2.28 bits per heavy atom. The van der Waals surface area contributed by atoms with Gasteiger partial charge in [-0.15, -0.1) is 11.3 Å². The van der Waals surface area contributed by atoms with Crippen molar-refractivity contribution in [2.75, 3.05) is 0 Å². The van der Waals surface area contributed by atoms with Gasteiger partial charge >= 0.3 is 5.97 Å². The van der Waals surface area contributed by atoms with Gasteiger partial charge in [-0.3, -0.25) is 0 Å². The fourth-order valence-corrected chi connectivity index (χ4v) is 2.43. The van der Waals surface area contributed by atoms with Gasteiger partial charge in [-0.2, -0.15) is 5.26 Å². The molecule has 2 rings (SSSR count). The van der Waals surface area contributed by atoms with Gasteiger partial charge in [0.15, 0.2) is 5.69 Å². The predicted octanol–water partition coefficient (Wildman–Crippen LogP) is 2.83. The summed E-state index contributed by atoms with van der Waals surface area (Å²) in [5, 5.41) is 18.4. The molecular formula is C12H7FN2O2S. The van der Waals surface area contributed by atoms with E-state index in [9.17, 15) is 9.18 Å². The Labute approximate surface area is 106 Å². The van der Waals surface area contributed by atoms with Crippen molar-refractivity contribution in [2.24, 2.45) is 0 Å².